The average molecular weight is 883 g/mol. The van der Waals surface area contributed by atoms with Gasteiger partial charge in [0.25, 0.3) is 17.7 Å². The van der Waals surface area contributed by atoms with Crippen molar-refractivity contribution >= 4 is 29.3 Å². The van der Waals surface area contributed by atoms with Crippen LogP contribution in [0.25, 0.3) is 5.57 Å². The number of benzene rings is 2. The second-order valence-electron chi connectivity index (χ2n) is 15.5. The first-order chi connectivity index (χ1) is 29.4. The number of hydrogen-bond acceptors (Lipinski definition) is 9. The van der Waals surface area contributed by atoms with Crippen LogP contribution in [-0.2, 0) is 36.5 Å². The molecule has 2 heterocycles. The average Bonchev–Trinajstić information content (AvgIpc) is 3.59. The van der Waals surface area contributed by atoms with Crippen molar-refractivity contribution in [1.82, 2.24) is 10.0 Å². The van der Waals surface area contributed by atoms with Crippen molar-refractivity contribution < 1.29 is 64.4 Å². The number of hydrogen-bond donors (Lipinski definition) is 2. The van der Waals surface area contributed by atoms with Crippen LogP contribution in [0.4, 0.5) is 36.4 Å². The van der Waals surface area contributed by atoms with E-state index in [9.17, 15) is 36.6 Å². The molecule has 0 radical (unpaired) electrons. The molecule has 0 bridgehead atoms. The van der Waals surface area contributed by atoms with E-state index < -0.39 is 76.0 Å². The molecule has 2 aromatic rings. The van der Waals surface area contributed by atoms with Crippen LogP contribution in [0.1, 0.15) is 81.9 Å². The minimum atomic E-state index is -4.85. The Labute approximate surface area is 356 Å². The predicted molar refractivity (Wildman–Crippen MR) is 217 cm³/mol. The number of ether oxygens (including phenoxy) is 4. The maximum atomic E-state index is 15.7. The molecule has 5 rings (SSSR count). The summed E-state index contributed by atoms with van der Waals surface area (Å²) in [7, 11) is 3.14. The molecule has 1 fully saturated rings. The molecule has 2 amide bonds. The van der Waals surface area contributed by atoms with Crippen molar-refractivity contribution in [2.45, 2.75) is 89.4 Å². The van der Waals surface area contributed by atoms with E-state index in [0.717, 1.165) is 42.6 Å². The highest BCUT2D eigenvalue weighted by Gasteiger charge is 2.53. The van der Waals surface area contributed by atoms with E-state index in [4.69, 9.17) is 18.9 Å². The van der Waals surface area contributed by atoms with E-state index in [0.29, 0.717) is 57.6 Å². The summed E-state index contributed by atoms with van der Waals surface area (Å²) in [6.07, 6.45) is 3.09. The maximum Gasteiger partial charge on any atom is 0.416 e. The summed E-state index contributed by atoms with van der Waals surface area (Å²) >= 11 is 0. The first kappa shape index (κ1) is 48.3. The van der Waals surface area contributed by atoms with Gasteiger partial charge in [0.15, 0.2) is 11.6 Å². The minimum absolute atomic E-state index is 0.0335. The van der Waals surface area contributed by atoms with E-state index in [-0.39, 0.29) is 61.5 Å². The Morgan fingerprint density at radius 2 is 1.65 bits per heavy atom. The number of carbonyl (C=O) groups excluding carboxylic acids is 2. The van der Waals surface area contributed by atoms with Gasteiger partial charge in [-0.3, -0.25) is 19.6 Å². The first-order valence-corrected chi connectivity index (χ1v) is 20.5. The fourth-order valence-corrected chi connectivity index (χ4v) is 7.73. The van der Waals surface area contributed by atoms with Crippen LogP contribution < -0.4 is 10.1 Å². The van der Waals surface area contributed by atoms with Gasteiger partial charge in [0.05, 0.1) is 37.5 Å². The number of halogens is 7. The van der Waals surface area contributed by atoms with Gasteiger partial charge in [-0.2, -0.15) is 26.3 Å². The molecule has 62 heavy (non-hydrogen) atoms. The summed E-state index contributed by atoms with van der Waals surface area (Å²) in [6.45, 7) is 3.98. The second kappa shape index (κ2) is 21.1. The molecule has 18 heteroatoms. The third-order valence-corrected chi connectivity index (χ3v) is 11.4. The Bertz CT molecular complexity index is 2040. The maximum absolute atomic E-state index is 15.7. The Balaban J connectivity index is 1.31. The van der Waals surface area contributed by atoms with Crippen LogP contribution in [0.2, 0.25) is 0 Å². The lowest BCUT2D eigenvalue weighted by Crippen LogP contribution is -2.62. The molecule has 0 aromatic heterocycles. The summed E-state index contributed by atoms with van der Waals surface area (Å²) in [5, 5.41) is 16.5. The van der Waals surface area contributed by atoms with E-state index in [1.54, 1.807) is 7.11 Å². The number of anilines is 1. The number of alkyl halides is 5. The van der Waals surface area contributed by atoms with Gasteiger partial charge in [0.2, 0.25) is 5.82 Å². The number of allylic oxidation sites excluding steroid dienone is 4. The van der Waals surface area contributed by atoms with Gasteiger partial charge in [0.1, 0.15) is 23.6 Å². The summed E-state index contributed by atoms with van der Waals surface area (Å²) < 4.78 is 123. The van der Waals surface area contributed by atoms with E-state index in [1.165, 1.54) is 30.3 Å². The lowest BCUT2D eigenvalue weighted by Gasteiger charge is -2.48. The second-order valence-corrected chi connectivity index (χ2v) is 15.5. The van der Waals surface area contributed by atoms with Crippen LogP contribution in [0.3, 0.4) is 0 Å². The largest absolute Gasteiger partial charge is 0.509 e. The van der Waals surface area contributed by atoms with Crippen molar-refractivity contribution in [2.24, 2.45) is 10.9 Å². The van der Waals surface area contributed by atoms with Gasteiger partial charge in [-0.05, 0) is 67.5 Å². The van der Waals surface area contributed by atoms with Crippen LogP contribution in [0.15, 0.2) is 64.5 Å². The Hall–Kier alpha value is -4.78. The van der Waals surface area contributed by atoms with Crippen LogP contribution in [0, 0.1) is 17.6 Å². The smallest absolute Gasteiger partial charge is 0.416 e. The molecule has 1 unspecified atom stereocenters. The lowest BCUT2D eigenvalue weighted by atomic mass is 9.88. The summed E-state index contributed by atoms with van der Waals surface area (Å²) in [5.74, 6) is -8.94. The van der Waals surface area contributed by atoms with E-state index in [2.05, 4.69) is 17.2 Å². The van der Waals surface area contributed by atoms with Gasteiger partial charge in [-0.1, -0.05) is 38.3 Å². The number of aliphatic hydroxyl groups is 1. The van der Waals surface area contributed by atoms with Crippen molar-refractivity contribution in [3.63, 3.8) is 0 Å². The number of aliphatic hydroxyl groups excluding tert-OH is 1. The zero-order valence-electron chi connectivity index (χ0n) is 35.2. The van der Waals surface area contributed by atoms with Gasteiger partial charge in [0, 0.05) is 63.7 Å². The molecule has 1 atom stereocenters. The van der Waals surface area contributed by atoms with Gasteiger partial charge >= 0.3 is 6.18 Å². The predicted octanol–water partition coefficient (Wildman–Crippen LogP) is 9.20. The molecule has 2 aliphatic heterocycles. The molecule has 2 N–H and O–H groups in total. The Morgan fingerprint density at radius 3 is 2.31 bits per heavy atom. The third-order valence-electron chi connectivity index (χ3n) is 11.4. The zero-order chi connectivity index (χ0) is 45.2. The van der Waals surface area contributed by atoms with E-state index >= 15 is 8.78 Å². The van der Waals surface area contributed by atoms with Crippen LogP contribution in [0.5, 0.6) is 5.75 Å². The highest BCUT2D eigenvalue weighted by Crippen LogP contribution is 2.45. The Kier molecular flexibility index (Phi) is 16.4. The standard InChI is InChI=1S/C44H53F7N4O7/c1-5-28(14-19-59-4)15-20-60-21-22-61-23-24-62-34-13-10-30(37(45)38(34)46)27-55-41(58)36(39(56)43(54(55)3)16-6-7-17-43)40(57)53-33-12-11-31(44(49,50)51)26-32(33)29-9-8-18-52-35(25-29)42(2,47)48/h9-13,18,25-26,28,56H,5-8,14-17,19-24,27H2,1-4H3,(H,53,57). The molecule has 11 nitrogen and oxygen atoms in total. The summed E-state index contributed by atoms with van der Waals surface area (Å²) in [6, 6.07) is 4.67. The van der Waals surface area contributed by atoms with E-state index in [1.807, 2.05) is 0 Å². The first-order valence-electron chi connectivity index (χ1n) is 20.5. The number of rotatable bonds is 20. The van der Waals surface area contributed by atoms with Crippen LogP contribution >= 0.6 is 0 Å². The number of amides is 2. The summed E-state index contributed by atoms with van der Waals surface area (Å²) in [5.41, 5.74) is -4.97. The zero-order valence-corrected chi connectivity index (χ0v) is 35.2. The van der Waals surface area contributed by atoms with Crippen molar-refractivity contribution in [1.29, 1.82) is 0 Å². The summed E-state index contributed by atoms with van der Waals surface area (Å²) in [4.78, 5) is 32.0. The number of nitrogens with zero attached hydrogens (tertiary/aromatic N) is 3. The normalized spacial score (nSPS) is 17.7. The number of carbonyl (C=O) groups is 2. The molecule has 1 aliphatic carbocycles. The molecule has 2 aromatic carbocycles. The number of methoxy groups -OCH3 is 1. The van der Waals surface area contributed by atoms with Gasteiger partial charge in [-0.25, -0.2) is 9.40 Å². The van der Waals surface area contributed by atoms with Crippen molar-refractivity contribution in [2.75, 3.05) is 59.1 Å². The molecule has 1 spiro atoms. The molecular formula is C44H53F7N4O7. The fourth-order valence-electron chi connectivity index (χ4n) is 7.73. The van der Waals surface area contributed by atoms with Crippen molar-refractivity contribution in [3.8, 4) is 5.75 Å². The Morgan fingerprint density at radius 1 is 0.968 bits per heavy atom. The highest BCUT2D eigenvalue weighted by molar-refractivity contribution is 6.24. The number of nitrogens with one attached hydrogen (secondary N) is 1. The lowest BCUT2D eigenvalue weighted by molar-refractivity contribution is -0.163. The SMILES string of the molecule is CCC(CCOC)CCOCCOCCOc1ccc(CN2C(=O)C(C(=O)Nc3ccc(C(F)(F)F)cc3C3=CCC=NC(C(C)(F)F)=C3)=C(O)C3(CCCC3)N2C)c(F)c1F. The number of aliphatic imine (C=N–C) groups is 1. The monoisotopic (exact) mass is 882 g/mol. The third kappa shape index (κ3) is 11.4. The number of likely N-dealkylation sites (N-methyl/N-ethyl adjacent to an activating group) is 1. The van der Waals surface area contributed by atoms with Crippen LogP contribution in [-0.4, -0.2) is 98.4 Å². The topological polar surface area (TPSA) is 122 Å². The van der Waals surface area contributed by atoms with Gasteiger partial charge in [-0.15, -0.1) is 0 Å². The quantitative estimate of drug-likeness (QED) is 0.0768. The van der Waals surface area contributed by atoms with Gasteiger partial charge < -0.3 is 29.4 Å². The highest BCUT2D eigenvalue weighted by atomic mass is 19.4. The molecular weight excluding hydrogens is 829 g/mol. The minimum Gasteiger partial charge on any atom is -0.509 e. The molecule has 1 saturated carbocycles. The molecule has 340 valence electrons. The van der Waals surface area contributed by atoms with Crippen molar-refractivity contribution in [3.05, 3.63) is 87.8 Å². The number of hydrazine groups is 1. The fraction of sp³-hybridized carbons (Fsp3) is 0.523. The molecule has 3 aliphatic rings. The molecule has 0 saturated heterocycles.